The van der Waals surface area contributed by atoms with E-state index in [1.165, 1.54) is 22.5 Å². The highest BCUT2D eigenvalue weighted by atomic mass is 32.2. The van der Waals surface area contributed by atoms with Gasteiger partial charge in [0, 0.05) is 24.7 Å². The average molecular weight is 551 g/mol. The quantitative estimate of drug-likeness (QED) is 0.330. The number of carbonyl (C=O) groups excluding carboxylic acids is 2. The van der Waals surface area contributed by atoms with Crippen LogP contribution in [0.4, 0.5) is 10.1 Å². The van der Waals surface area contributed by atoms with Crippen LogP contribution in [0.2, 0.25) is 0 Å². The van der Waals surface area contributed by atoms with Gasteiger partial charge < -0.3 is 5.32 Å². The number of aryl methyl sites for hydroxylation is 2. The number of rotatable bonds is 7. The lowest BCUT2D eigenvalue weighted by molar-refractivity contribution is -0.126. The van der Waals surface area contributed by atoms with E-state index in [1.807, 2.05) is 13.0 Å². The highest BCUT2D eigenvalue weighted by molar-refractivity contribution is 7.89. The fourth-order valence-corrected chi connectivity index (χ4v) is 6.20. The average Bonchev–Trinajstić information content (AvgIpc) is 2.93. The van der Waals surface area contributed by atoms with Crippen molar-refractivity contribution in [2.75, 3.05) is 18.4 Å². The molecule has 1 fully saturated rings. The van der Waals surface area contributed by atoms with Gasteiger partial charge in [-0.1, -0.05) is 36.4 Å². The smallest absolute Gasteiger partial charge is 0.258 e. The van der Waals surface area contributed by atoms with E-state index in [4.69, 9.17) is 0 Å². The molecule has 0 unspecified atom stereocenters. The van der Waals surface area contributed by atoms with Crippen molar-refractivity contribution in [3.63, 3.8) is 0 Å². The lowest BCUT2D eigenvalue weighted by Gasteiger charge is -2.30. The van der Waals surface area contributed by atoms with Gasteiger partial charge in [-0.15, -0.1) is 0 Å². The number of nitrogens with zero attached hydrogens (tertiary/aromatic N) is 2. The topological polar surface area (TPSA) is 108 Å². The summed E-state index contributed by atoms with van der Waals surface area (Å²) in [6.07, 6.45) is 0.807. The maximum absolute atomic E-state index is 13.8. The molecule has 0 saturated carbocycles. The molecule has 2 N–H and O–H groups in total. The molecule has 2 amide bonds. The lowest BCUT2D eigenvalue weighted by atomic mass is 9.98. The Morgan fingerprint density at radius 3 is 2.31 bits per heavy atom. The zero-order valence-corrected chi connectivity index (χ0v) is 22.9. The van der Waals surface area contributed by atoms with E-state index in [-0.39, 0.29) is 30.5 Å². The fourth-order valence-electron chi connectivity index (χ4n) is 4.42. The van der Waals surface area contributed by atoms with Gasteiger partial charge in [0.2, 0.25) is 15.9 Å². The molecule has 0 bridgehead atoms. The van der Waals surface area contributed by atoms with Crippen molar-refractivity contribution in [3.05, 3.63) is 94.8 Å². The minimum absolute atomic E-state index is 0.0456. The van der Waals surface area contributed by atoms with Crippen molar-refractivity contribution in [1.29, 1.82) is 0 Å². The van der Waals surface area contributed by atoms with Gasteiger partial charge >= 0.3 is 0 Å². The highest BCUT2D eigenvalue weighted by Gasteiger charge is 2.33. The molecule has 8 nitrogen and oxygen atoms in total. The number of halogens is 1. The van der Waals surface area contributed by atoms with Crippen LogP contribution in [-0.2, 0) is 14.8 Å². The Labute approximate surface area is 228 Å². The summed E-state index contributed by atoms with van der Waals surface area (Å²) in [5.41, 5.74) is 5.91. The monoisotopic (exact) mass is 550 g/mol. The number of hydrazone groups is 1. The summed E-state index contributed by atoms with van der Waals surface area (Å²) in [5, 5.41) is 6.86. The number of benzene rings is 3. The summed E-state index contributed by atoms with van der Waals surface area (Å²) >= 11 is 0. The Bertz CT molecular complexity index is 1510. The van der Waals surface area contributed by atoms with Gasteiger partial charge in [0.05, 0.1) is 16.2 Å². The molecule has 0 aliphatic carbocycles. The molecule has 1 aliphatic rings. The molecule has 204 valence electrons. The van der Waals surface area contributed by atoms with Crippen LogP contribution in [-0.4, -0.2) is 43.3 Å². The summed E-state index contributed by atoms with van der Waals surface area (Å²) < 4.78 is 41.6. The molecule has 39 heavy (non-hydrogen) atoms. The summed E-state index contributed by atoms with van der Waals surface area (Å²) in [4.78, 5) is 25.3. The van der Waals surface area contributed by atoms with Crippen LogP contribution < -0.4 is 10.7 Å². The van der Waals surface area contributed by atoms with Crippen LogP contribution in [0.3, 0.4) is 0 Å². The Balaban J connectivity index is 1.31. The third-order valence-corrected chi connectivity index (χ3v) is 8.84. The second-order valence-electron chi connectivity index (χ2n) is 9.63. The van der Waals surface area contributed by atoms with Crippen LogP contribution in [0, 0.1) is 25.6 Å². The number of anilines is 1. The number of sulfonamides is 1. The van der Waals surface area contributed by atoms with Gasteiger partial charge in [0.25, 0.3) is 5.91 Å². The Kier molecular flexibility index (Phi) is 8.57. The number of piperidine rings is 1. The first kappa shape index (κ1) is 28.1. The van der Waals surface area contributed by atoms with E-state index in [2.05, 4.69) is 15.8 Å². The van der Waals surface area contributed by atoms with Gasteiger partial charge in [-0.2, -0.15) is 9.41 Å². The van der Waals surface area contributed by atoms with E-state index in [0.717, 1.165) is 11.1 Å². The molecular weight excluding hydrogens is 519 g/mol. The Morgan fingerprint density at radius 1 is 0.974 bits per heavy atom. The first-order valence-electron chi connectivity index (χ1n) is 12.6. The van der Waals surface area contributed by atoms with Gasteiger partial charge in [0.1, 0.15) is 5.82 Å². The van der Waals surface area contributed by atoms with Crippen molar-refractivity contribution in [2.45, 2.75) is 38.5 Å². The highest BCUT2D eigenvalue weighted by Crippen LogP contribution is 2.26. The molecule has 0 spiro atoms. The van der Waals surface area contributed by atoms with Gasteiger partial charge in [-0.3, -0.25) is 9.59 Å². The fraction of sp³-hybridized carbons (Fsp3) is 0.276. The molecule has 0 aromatic heterocycles. The zero-order chi connectivity index (χ0) is 28.2. The molecule has 0 radical (unpaired) electrons. The minimum atomic E-state index is -3.63. The van der Waals surface area contributed by atoms with Gasteiger partial charge in [-0.25, -0.2) is 18.2 Å². The molecule has 10 heteroatoms. The van der Waals surface area contributed by atoms with Gasteiger partial charge in [0.15, 0.2) is 0 Å². The second kappa shape index (κ2) is 11.9. The van der Waals surface area contributed by atoms with Crippen molar-refractivity contribution >= 4 is 33.2 Å². The number of amides is 2. The normalized spacial score (nSPS) is 15.1. The maximum atomic E-state index is 13.8. The third-order valence-electron chi connectivity index (χ3n) is 6.80. The predicted molar refractivity (Wildman–Crippen MR) is 149 cm³/mol. The summed E-state index contributed by atoms with van der Waals surface area (Å²) in [5.74, 6) is -1.75. The summed E-state index contributed by atoms with van der Waals surface area (Å²) in [6.45, 7) is 5.90. The molecule has 3 aromatic rings. The van der Waals surface area contributed by atoms with Crippen molar-refractivity contribution in [1.82, 2.24) is 9.73 Å². The van der Waals surface area contributed by atoms with Crippen molar-refractivity contribution < 1.29 is 22.4 Å². The predicted octanol–water partition coefficient (Wildman–Crippen LogP) is 4.64. The maximum Gasteiger partial charge on any atom is 0.258 e. The van der Waals surface area contributed by atoms with E-state index < -0.39 is 21.7 Å². The first-order valence-corrected chi connectivity index (χ1v) is 14.1. The van der Waals surface area contributed by atoms with E-state index >= 15 is 0 Å². The van der Waals surface area contributed by atoms with Crippen LogP contribution >= 0.6 is 0 Å². The second-order valence-corrected chi connectivity index (χ2v) is 11.5. The van der Waals surface area contributed by atoms with Crippen LogP contribution in [0.15, 0.2) is 76.7 Å². The molecule has 1 heterocycles. The van der Waals surface area contributed by atoms with E-state index in [9.17, 15) is 22.4 Å². The number of hydrogen-bond acceptors (Lipinski definition) is 5. The van der Waals surface area contributed by atoms with Crippen molar-refractivity contribution in [3.8, 4) is 0 Å². The first-order chi connectivity index (χ1) is 18.6. The molecular formula is C29H31FN4O4S. The number of nitrogens with one attached hydrogen (secondary N) is 2. The summed E-state index contributed by atoms with van der Waals surface area (Å²) in [7, 11) is -3.63. The Hall–Kier alpha value is -3.89. The van der Waals surface area contributed by atoms with Gasteiger partial charge in [-0.05, 0) is 80.6 Å². The lowest BCUT2D eigenvalue weighted by Crippen LogP contribution is -2.42. The minimum Gasteiger partial charge on any atom is -0.322 e. The molecule has 0 atom stereocenters. The number of hydrogen-bond donors (Lipinski definition) is 2. The molecule has 1 aliphatic heterocycles. The van der Waals surface area contributed by atoms with Crippen LogP contribution in [0.1, 0.15) is 46.8 Å². The van der Waals surface area contributed by atoms with Crippen molar-refractivity contribution in [2.24, 2.45) is 11.0 Å². The molecule has 1 saturated heterocycles. The Morgan fingerprint density at radius 2 is 1.64 bits per heavy atom. The SMILES string of the molecule is C/C(=N/NC(=O)C1CCN(S(=O)(=O)c2cc(C)ccc2C)CC1)c1ccc(NC(=O)c2ccccc2F)cc1. The zero-order valence-electron chi connectivity index (χ0n) is 22.1. The standard InChI is InChI=1S/C29H31FN4O4S/c1-19-8-9-20(2)27(18-19)39(37,38)34-16-14-23(15-17-34)28(35)33-32-21(3)22-10-12-24(13-11-22)31-29(36)25-6-4-5-7-26(25)30/h4-13,18,23H,14-17H2,1-3H3,(H,31,36)(H,33,35)/b32-21-. The molecule has 4 rings (SSSR count). The third kappa shape index (κ3) is 6.58. The number of carbonyl (C=O) groups is 2. The summed E-state index contributed by atoms with van der Waals surface area (Å²) in [6, 6.07) is 17.9. The molecule has 3 aromatic carbocycles. The van der Waals surface area contributed by atoms with Crippen LogP contribution in [0.5, 0.6) is 0 Å². The van der Waals surface area contributed by atoms with E-state index in [1.54, 1.807) is 56.3 Å². The van der Waals surface area contributed by atoms with E-state index in [0.29, 0.717) is 34.7 Å². The largest absolute Gasteiger partial charge is 0.322 e. The van der Waals surface area contributed by atoms with Crippen LogP contribution in [0.25, 0.3) is 0 Å².